The summed E-state index contributed by atoms with van der Waals surface area (Å²) in [5.74, 6) is 5.42. The van der Waals surface area contributed by atoms with Gasteiger partial charge in [0, 0.05) is 12.7 Å². The van der Waals surface area contributed by atoms with Gasteiger partial charge < -0.3 is 9.84 Å². The molecule has 12 heavy (non-hydrogen) atoms. The minimum Gasteiger partial charge on any atom is -0.384 e. The van der Waals surface area contributed by atoms with Crippen molar-refractivity contribution >= 4 is 0 Å². The van der Waals surface area contributed by atoms with Crippen molar-refractivity contribution in [2.75, 3.05) is 13.7 Å². The highest BCUT2D eigenvalue weighted by molar-refractivity contribution is 5.41. The third-order valence-corrected chi connectivity index (χ3v) is 1.65. The van der Waals surface area contributed by atoms with Crippen LogP contribution in [0.4, 0.5) is 0 Å². The molecule has 1 N–H and O–H groups in total. The highest BCUT2D eigenvalue weighted by Gasteiger charge is 2.05. The molecular formula is C10H12O2. The van der Waals surface area contributed by atoms with Gasteiger partial charge in [0.2, 0.25) is 0 Å². The molecule has 0 saturated carbocycles. The maximum absolute atomic E-state index is 8.46. The molecule has 0 radical (unpaired) electrons. The Hall–Kier alpha value is -1.04. The SMILES string of the molecule is COC1C=C(C#CCO)C=CC1. The lowest BCUT2D eigenvalue weighted by Gasteiger charge is -2.11. The smallest absolute Gasteiger partial charge is 0.104 e. The first-order valence-electron chi connectivity index (χ1n) is 3.87. The van der Waals surface area contributed by atoms with Crippen molar-refractivity contribution < 1.29 is 9.84 Å². The average molecular weight is 164 g/mol. The molecule has 0 aliphatic heterocycles. The van der Waals surface area contributed by atoms with Crippen LogP contribution in [0.1, 0.15) is 6.42 Å². The highest BCUT2D eigenvalue weighted by Crippen LogP contribution is 2.11. The summed E-state index contributed by atoms with van der Waals surface area (Å²) in [6, 6.07) is 0. The summed E-state index contributed by atoms with van der Waals surface area (Å²) in [7, 11) is 1.68. The van der Waals surface area contributed by atoms with E-state index in [9.17, 15) is 0 Å². The van der Waals surface area contributed by atoms with Crippen LogP contribution in [-0.4, -0.2) is 24.9 Å². The van der Waals surface area contributed by atoms with E-state index < -0.39 is 0 Å². The van der Waals surface area contributed by atoms with Crippen LogP contribution < -0.4 is 0 Å². The zero-order valence-electron chi connectivity index (χ0n) is 7.08. The van der Waals surface area contributed by atoms with Crippen molar-refractivity contribution in [2.24, 2.45) is 0 Å². The average Bonchev–Trinajstić information content (AvgIpc) is 2.15. The topological polar surface area (TPSA) is 29.5 Å². The maximum Gasteiger partial charge on any atom is 0.104 e. The predicted octanol–water partition coefficient (Wildman–Crippen LogP) is 0.883. The van der Waals surface area contributed by atoms with E-state index in [0.717, 1.165) is 12.0 Å². The number of rotatable bonds is 1. The van der Waals surface area contributed by atoms with E-state index in [1.807, 2.05) is 18.2 Å². The Bertz CT molecular complexity index is 253. The van der Waals surface area contributed by atoms with E-state index in [0.29, 0.717) is 0 Å². The Kier molecular flexibility index (Phi) is 3.59. The van der Waals surface area contributed by atoms with E-state index in [1.54, 1.807) is 7.11 Å². The standard InChI is InChI=1S/C10H12O2/c1-12-10-6-2-4-9(8-10)5-3-7-11/h2,4,8,10-11H,6-7H2,1H3. The van der Waals surface area contributed by atoms with E-state index >= 15 is 0 Å². The van der Waals surface area contributed by atoms with Gasteiger partial charge in [-0.1, -0.05) is 24.0 Å². The number of aliphatic hydroxyl groups excluding tert-OH is 1. The molecule has 1 aliphatic rings. The van der Waals surface area contributed by atoms with Crippen molar-refractivity contribution in [1.29, 1.82) is 0 Å². The lowest BCUT2D eigenvalue weighted by Crippen LogP contribution is -2.08. The normalized spacial score (nSPS) is 21.2. The highest BCUT2D eigenvalue weighted by atomic mass is 16.5. The summed E-state index contributed by atoms with van der Waals surface area (Å²) in [5.41, 5.74) is 0.919. The summed E-state index contributed by atoms with van der Waals surface area (Å²) in [6.07, 6.45) is 6.97. The minimum atomic E-state index is -0.0944. The van der Waals surface area contributed by atoms with Crippen LogP contribution in [0.25, 0.3) is 0 Å². The molecule has 1 unspecified atom stereocenters. The quantitative estimate of drug-likeness (QED) is 0.583. The van der Waals surface area contributed by atoms with Crippen LogP contribution in [0.5, 0.6) is 0 Å². The van der Waals surface area contributed by atoms with Gasteiger partial charge in [-0.2, -0.15) is 0 Å². The van der Waals surface area contributed by atoms with Crippen molar-refractivity contribution in [1.82, 2.24) is 0 Å². The number of methoxy groups -OCH3 is 1. The van der Waals surface area contributed by atoms with Gasteiger partial charge in [0.15, 0.2) is 0 Å². The van der Waals surface area contributed by atoms with Crippen LogP contribution in [-0.2, 0) is 4.74 Å². The van der Waals surface area contributed by atoms with Crippen molar-refractivity contribution in [2.45, 2.75) is 12.5 Å². The van der Waals surface area contributed by atoms with Gasteiger partial charge in [0.05, 0.1) is 6.10 Å². The lowest BCUT2D eigenvalue weighted by atomic mass is 10.1. The van der Waals surface area contributed by atoms with Crippen LogP contribution in [0, 0.1) is 11.8 Å². The molecule has 0 heterocycles. The monoisotopic (exact) mass is 164 g/mol. The molecule has 0 bridgehead atoms. The van der Waals surface area contributed by atoms with E-state index in [-0.39, 0.29) is 12.7 Å². The molecular weight excluding hydrogens is 152 g/mol. The maximum atomic E-state index is 8.46. The van der Waals surface area contributed by atoms with Crippen LogP contribution in [0.2, 0.25) is 0 Å². The molecule has 0 saturated heterocycles. The second-order valence-corrected chi connectivity index (χ2v) is 2.49. The Morgan fingerprint density at radius 1 is 1.75 bits per heavy atom. The first kappa shape index (κ1) is 9.05. The molecule has 2 nitrogen and oxygen atoms in total. The summed E-state index contributed by atoms with van der Waals surface area (Å²) in [4.78, 5) is 0. The number of hydrogen-bond acceptors (Lipinski definition) is 2. The molecule has 0 amide bonds. The van der Waals surface area contributed by atoms with Crippen LogP contribution in [0.15, 0.2) is 23.8 Å². The van der Waals surface area contributed by atoms with Crippen LogP contribution >= 0.6 is 0 Å². The minimum absolute atomic E-state index is 0.0944. The van der Waals surface area contributed by atoms with Gasteiger partial charge in [0.25, 0.3) is 0 Å². The zero-order chi connectivity index (χ0) is 8.81. The molecule has 1 rings (SSSR count). The molecule has 0 aromatic rings. The summed E-state index contributed by atoms with van der Waals surface area (Å²) in [6.45, 7) is -0.0944. The zero-order valence-corrected chi connectivity index (χ0v) is 7.08. The fraction of sp³-hybridized carbons (Fsp3) is 0.400. The summed E-state index contributed by atoms with van der Waals surface area (Å²) >= 11 is 0. The second kappa shape index (κ2) is 4.76. The van der Waals surface area contributed by atoms with Gasteiger partial charge in [-0.3, -0.25) is 0 Å². The number of ether oxygens (including phenoxy) is 1. The summed E-state index contributed by atoms with van der Waals surface area (Å²) in [5, 5.41) is 8.46. The van der Waals surface area contributed by atoms with E-state index in [1.165, 1.54) is 0 Å². The summed E-state index contributed by atoms with van der Waals surface area (Å²) < 4.78 is 5.14. The van der Waals surface area contributed by atoms with E-state index in [2.05, 4.69) is 11.8 Å². The first-order valence-corrected chi connectivity index (χ1v) is 3.87. The predicted molar refractivity (Wildman–Crippen MR) is 47.5 cm³/mol. The number of aliphatic hydroxyl groups is 1. The molecule has 0 fully saturated rings. The molecule has 2 heteroatoms. The lowest BCUT2D eigenvalue weighted by molar-refractivity contribution is 0.142. The van der Waals surface area contributed by atoms with Crippen molar-refractivity contribution in [3.8, 4) is 11.8 Å². The Morgan fingerprint density at radius 3 is 3.25 bits per heavy atom. The molecule has 0 aromatic heterocycles. The fourth-order valence-corrected chi connectivity index (χ4v) is 1.04. The largest absolute Gasteiger partial charge is 0.384 e. The van der Waals surface area contributed by atoms with Gasteiger partial charge in [-0.15, -0.1) is 0 Å². The first-order chi connectivity index (χ1) is 5.86. The van der Waals surface area contributed by atoms with Gasteiger partial charge in [-0.05, 0) is 12.5 Å². The van der Waals surface area contributed by atoms with Crippen molar-refractivity contribution in [3.05, 3.63) is 23.8 Å². The second-order valence-electron chi connectivity index (χ2n) is 2.49. The molecule has 64 valence electrons. The molecule has 1 aliphatic carbocycles. The van der Waals surface area contributed by atoms with Crippen molar-refractivity contribution in [3.63, 3.8) is 0 Å². The van der Waals surface area contributed by atoms with Gasteiger partial charge in [0.1, 0.15) is 6.61 Å². The third-order valence-electron chi connectivity index (χ3n) is 1.65. The van der Waals surface area contributed by atoms with Crippen LogP contribution in [0.3, 0.4) is 0 Å². The Balaban J connectivity index is 2.63. The third kappa shape index (κ3) is 2.54. The molecule has 0 aromatic carbocycles. The van der Waals surface area contributed by atoms with Gasteiger partial charge >= 0.3 is 0 Å². The molecule has 0 spiro atoms. The van der Waals surface area contributed by atoms with E-state index in [4.69, 9.17) is 9.84 Å². The van der Waals surface area contributed by atoms with Gasteiger partial charge in [-0.25, -0.2) is 0 Å². The molecule has 1 atom stereocenters. The Labute approximate surface area is 72.5 Å². The fourth-order valence-electron chi connectivity index (χ4n) is 1.04. The Morgan fingerprint density at radius 2 is 2.58 bits per heavy atom. The number of hydrogen-bond donors (Lipinski definition) is 1. The number of allylic oxidation sites excluding steroid dienone is 2.